The predicted molar refractivity (Wildman–Crippen MR) is 54.3 cm³/mol. The summed E-state index contributed by atoms with van der Waals surface area (Å²) in [5.74, 6) is 0. The highest BCUT2D eigenvalue weighted by Crippen LogP contribution is 2.38. The minimum Gasteiger partial charge on any atom is -0.360 e. The Bertz CT molecular complexity index is 441. The number of hydrogen-bond donors (Lipinski definition) is 2. The number of fused-ring (bicyclic) bond motifs is 1. The van der Waals surface area contributed by atoms with Crippen LogP contribution in [0.2, 0.25) is 0 Å². The maximum atomic E-state index is 12.3. The molecule has 1 aromatic carbocycles. The van der Waals surface area contributed by atoms with Crippen LogP contribution in [-0.4, -0.2) is 4.98 Å². The fourth-order valence-corrected chi connectivity index (χ4v) is 1.88. The number of halogens is 2. The fourth-order valence-electron chi connectivity index (χ4n) is 1.20. The first-order valence-electron chi connectivity index (χ1n) is 3.60. The zero-order valence-corrected chi connectivity index (χ0v) is 8.25. The van der Waals surface area contributed by atoms with E-state index in [1.807, 2.05) is 0 Å². The molecule has 0 fully saturated rings. The summed E-state index contributed by atoms with van der Waals surface area (Å²) in [5.41, 5.74) is 0.713. The van der Waals surface area contributed by atoms with E-state index in [0.717, 1.165) is 10.3 Å². The Morgan fingerprint density at radius 1 is 1.31 bits per heavy atom. The van der Waals surface area contributed by atoms with Gasteiger partial charge in [-0.2, -0.15) is 8.39 Å². The molecular formula is C8H6F2NPS. The van der Waals surface area contributed by atoms with Crippen LogP contribution in [0.1, 0.15) is 0 Å². The molecule has 0 saturated carbocycles. The van der Waals surface area contributed by atoms with Crippen molar-refractivity contribution in [1.82, 2.24) is 4.98 Å². The standard InChI is InChI=1S/C8H6F2NPS/c9-12(10)5-1-2-6-7(3-5)11-4-8(6)13/h1-4,11,13H. The van der Waals surface area contributed by atoms with Gasteiger partial charge >= 0.3 is 0 Å². The average molecular weight is 217 g/mol. The van der Waals surface area contributed by atoms with E-state index in [1.165, 1.54) is 12.1 Å². The fraction of sp³-hybridized carbons (Fsp3) is 0. The van der Waals surface area contributed by atoms with Gasteiger partial charge in [-0.05, 0) is 12.1 Å². The lowest BCUT2D eigenvalue weighted by atomic mass is 10.2. The van der Waals surface area contributed by atoms with E-state index in [2.05, 4.69) is 17.6 Å². The topological polar surface area (TPSA) is 15.8 Å². The Morgan fingerprint density at radius 2 is 2.08 bits per heavy atom. The van der Waals surface area contributed by atoms with E-state index >= 15 is 0 Å². The molecule has 68 valence electrons. The van der Waals surface area contributed by atoms with Crippen molar-refractivity contribution in [2.24, 2.45) is 0 Å². The molecule has 2 aromatic rings. The van der Waals surface area contributed by atoms with Crippen molar-refractivity contribution in [3.8, 4) is 0 Å². The lowest BCUT2D eigenvalue weighted by Crippen LogP contribution is -1.93. The maximum absolute atomic E-state index is 12.3. The van der Waals surface area contributed by atoms with Crippen LogP contribution in [0.15, 0.2) is 29.3 Å². The van der Waals surface area contributed by atoms with Gasteiger partial charge in [-0.15, -0.1) is 12.6 Å². The van der Waals surface area contributed by atoms with Crippen LogP contribution in [0, 0.1) is 0 Å². The number of thiol groups is 1. The number of benzene rings is 1. The van der Waals surface area contributed by atoms with Crippen LogP contribution in [0.5, 0.6) is 0 Å². The summed E-state index contributed by atoms with van der Waals surface area (Å²) < 4.78 is 24.7. The van der Waals surface area contributed by atoms with Gasteiger partial charge in [0.05, 0.1) is 0 Å². The third kappa shape index (κ3) is 1.56. The second-order valence-corrected chi connectivity index (χ2v) is 4.10. The van der Waals surface area contributed by atoms with Gasteiger partial charge in [-0.1, -0.05) is 6.07 Å². The molecule has 1 aromatic heterocycles. The first kappa shape index (κ1) is 8.97. The van der Waals surface area contributed by atoms with Gasteiger partial charge in [-0.25, -0.2) is 0 Å². The SMILES string of the molecule is FP(F)c1ccc2c(S)c[nH]c2c1. The summed E-state index contributed by atoms with van der Waals surface area (Å²) in [4.78, 5) is 3.66. The van der Waals surface area contributed by atoms with Gasteiger partial charge in [0.2, 0.25) is 0 Å². The van der Waals surface area contributed by atoms with Crippen molar-refractivity contribution in [3.63, 3.8) is 0 Å². The van der Waals surface area contributed by atoms with Crippen LogP contribution in [0.25, 0.3) is 10.9 Å². The van der Waals surface area contributed by atoms with Gasteiger partial charge in [0, 0.05) is 27.3 Å². The van der Waals surface area contributed by atoms with Crippen LogP contribution in [0.4, 0.5) is 8.39 Å². The Kier molecular flexibility index (Phi) is 2.26. The van der Waals surface area contributed by atoms with Crippen LogP contribution in [-0.2, 0) is 0 Å². The number of H-pyrrole nitrogens is 1. The van der Waals surface area contributed by atoms with Crippen molar-refractivity contribution < 1.29 is 8.39 Å². The average Bonchev–Trinajstić information content (AvgIpc) is 2.47. The van der Waals surface area contributed by atoms with Crippen molar-refractivity contribution in [3.05, 3.63) is 24.4 Å². The lowest BCUT2D eigenvalue weighted by Gasteiger charge is -1.97. The summed E-state index contributed by atoms with van der Waals surface area (Å²) >= 11 is 4.17. The van der Waals surface area contributed by atoms with E-state index < -0.39 is 8.54 Å². The molecule has 0 unspecified atom stereocenters. The van der Waals surface area contributed by atoms with Gasteiger partial charge in [-0.3, -0.25) is 0 Å². The number of nitrogens with one attached hydrogen (secondary N) is 1. The predicted octanol–water partition coefficient (Wildman–Crippen LogP) is 3.33. The minimum atomic E-state index is -3.00. The van der Waals surface area contributed by atoms with E-state index in [4.69, 9.17) is 0 Å². The summed E-state index contributed by atoms with van der Waals surface area (Å²) in [5, 5.41) is 0.974. The van der Waals surface area contributed by atoms with Crippen LogP contribution in [0.3, 0.4) is 0 Å². The largest absolute Gasteiger partial charge is 0.360 e. The summed E-state index contributed by atoms with van der Waals surface area (Å²) in [7, 11) is -3.00. The highest BCUT2D eigenvalue weighted by atomic mass is 32.1. The molecule has 5 heteroatoms. The third-order valence-corrected chi connectivity index (χ3v) is 2.88. The Hall–Kier alpha value is -0.600. The molecule has 0 radical (unpaired) electrons. The van der Waals surface area contributed by atoms with Crippen LogP contribution < -0.4 is 5.30 Å². The minimum absolute atomic E-state index is 0.0951. The lowest BCUT2D eigenvalue weighted by molar-refractivity contribution is 0.763. The van der Waals surface area contributed by atoms with Gasteiger partial charge in [0.1, 0.15) is 0 Å². The Labute approximate surface area is 80.6 Å². The molecule has 2 rings (SSSR count). The molecule has 1 nitrogen and oxygen atoms in total. The molecule has 0 spiro atoms. The molecule has 0 bridgehead atoms. The zero-order chi connectivity index (χ0) is 9.42. The first-order chi connectivity index (χ1) is 6.18. The van der Waals surface area contributed by atoms with E-state index in [-0.39, 0.29) is 5.30 Å². The Morgan fingerprint density at radius 3 is 2.77 bits per heavy atom. The molecule has 1 heterocycles. The van der Waals surface area contributed by atoms with E-state index in [1.54, 1.807) is 12.3 Å². The summed E-state index contributed by atoms with van der Waals surface area (Å²) in [6.07, 6.45) is 1.69. The Balaban J connectivity index is 2.63. The highest BCUT2D eigenvalue weighted by molar-refractivity contribution is 7.80. The molecule has 0 aliphatic carbocycles. The molecule has 13 heavy (non-hydrogen) atoms. The molecule has 0 amide bonds. The summed E-state index contributed by atoms with van der Waals surface area (Å²) in [6.45, 7) is 0. The van der Waals surface area contributed by atoms with Gasteiger partial charge < -0.3 is 4.98 Å². The molecule has 0 aliphatic rings. The van der Waals surface area contributed by atoms with E-state index in [9.17, 15) is 8.39 Å². The second kappa shape index (κ2) is 3.28. The number of aromatic amines is 1. The van der Waals surface area contributed by atoms with Gasteiger partial charge in [0.25, 0.3) is 8.54 Å². The number of aromatic nitrogens is 1. The highest BCUT2D eigenvalue weighted by Gasteiger charge is 2.10. The van der Waals surface area contributed by atoms with Crippen molar-refractivity contribution >= 4 is 37.4 Å². The van der Waals surface area contributed by atoms with Crippen LogP contribution >= 0.6 is 21.2 Å². The smallest absolute Gasteiger partial charge is 0.298 e. The normalized spacial score (nSPS) is 11.4. The molecule has 0 saturated heterocycles. The second-order valence-electron chi connectivity index (χ2n) is 2.64. The molecule has 0 atom stereocenters. The first-order valence-corrected chi connectivity index (χ1v) is 5.17. The van der Waals surface area contributed by atoms with E-state index in [0.29, 0.717) is 5.52 Å². The maximum Gasteiger partial charge on any atom is 0.298 e. The quantitative estimate of drug-likeness (QED) is 0.538. The van der Waals surface area contributed by atoms with Crippen molar-refractivity contribution in [2.45, 2.75) is 4.90 Å². The molecule has 1 N–H and O–H groups in total. The third-order valence-electron chi connectivity index (χ3n) is 1.84. The molecular weight excluding hydrogens is 211 g/mol. The monoisotopic (exact) mass is 217 g/mol. The zero-order valence-electron chi connectivity index (χ0n) is 6.46. The molecule has 0 aliphatic heterocycles. The number of hydrogen-bond acceptors (Lipinski definition) is 1. The number of rotatable bonds is 1. The van der Waals surface area contributed by atoms with Crippen molar-refractivity contribution in [1.29, 1.82) is 0 Å². The van der Waals surface area contributed by atoms with Gasteiger partial charge in [0.15, 0.2) is 0 Å². The summed E-state index contributed by atoms with van der Waals surface area (Å²) in [6, 6.07) is 4.58. The van der Waals surface area contributed by atoms with Crippen molar-refractivity contribution in [2.75, 3.05) is 0 Å².